The maximum atomic E-state index is 11.2. The molecule has 0 heterocycles. The molecule has 0 amide bonds. The second kappa shape index (κ2) is 6.85. The minimum absolute atomic E-state index is 0.00592. The van der Waals surface area contributed by atoms with E-state index in [9.17, 15) is 10.1 Å². The van der Waals surface area contributed by atoms with E-state index in [1.54, 1.807) is 12.1 Å². The molecule has 0 radical (unpaired) electrons. The van der Waals surface area contributed by atoms with Crippen LogP contribution in [0.2, 0.25) is 0 Å². The zero-order valence-corrected chi connectivity index (χ0v) is 12.1. The summed E-state index contributed by atoms with van der Waals surface area (Å²) in [6.07, 6.45) is 0.747. The number of ether oxygens (including phenoxy) is 1. The summed E-state index contributed by atoms with van der Waals surface area (Å²) >= 11 is 0. The summed E-state index contributed by atoms with van der Waals surface area (Å²) < 4.78 is 5.77. The second-order valence-corrected chi connectivity index (χ2v) is 4.65. The monoisotopic (exact) mass is 286 g/mol. The maximum absolute atomic E-state index is 11.2. The minimum atomic E-state index is -0.408. The van der Waals surface area contributed by atoms with Gasteiger partial charge in [0.15, 0.2) is 0 Å². The lowest BCUT2D eigenvalue weighted by atomic mass is 10.1. The second-order valence-electron chi connectivity index (χ2n) is 4.65. The van der Waals surface area contributed by atoms with Crippen LogP contribution in [0.4, 0.5) is 5.69 Å². The molecule has 0 unspecified atom stereocenters. The SMILES string of the molecule is CCc1ccc(Oc2ccccc2CNC)c([N+](=O)[O-])c1. The number of aryl methyl sites for hydroxylation is 1. The molecule has 21 heavy (non-hydrogen) atoms. The highest BCUT2D eigenvalue weighted by atomic mass is 16.6. The Kier molecular flexibility index (Phi) is 4.90. The molecule has 0 bridgehead atoms. The van der Waals surface area contributed by atoms with Crippen LogP contribution < -0.4 is 10.1 Å². The number of benzene rings is 2. The van der Waals surface area contributed by atoms with Crippen molar-refractivity contribution in [3.8, 4) is 11.5 Å². The number of rotatable bonds is 6. The lowest BCUT2D eigenvalue weighted by Gasteiger charge is -2.11. The molecule has 110 valence electrons. The van der Waals surface area contributed by atoms with Crippen molar-refractivity contribution < 1.29 is 9.66 Å². The van der Waals surface area contributed by atoms with Gasteiger partial charge in [-0.15, -0.1) is 0 Å². The fourth-order valence-corrected chi connectivity index (χ4v) is 2.07. The van der Waals surface area contributed by atoms with Gasteiger partial charge in [0.25, 0.3) is 0 Å². The average Bonchev–Trinajstić information content (AvgIpc) is 2.49. The Morgan fingerprint density at radius 3 is 2.62 bits per heavy atom. The van der Waals surface area contributed by atoms with Crippen molar-refractivity contribution in [3.63, 3.8) is 0 Å². The van der Waals surface area contributed by atoms with Gasteiger partial charge in [0.2, 0.25) is 5.75 Å². The van der Waals surface area contributed by atoms with Crippen LogP contribution in [0.25, 0.3) is 0 Å². The molecule has 5 heteroatoms. The Labute approximate surface area is 123 Å². The molecular weight excluding hydrogens is 268 g/mol. The highest BCUT2D eigenvalue weighted by Crippen LogP contribution is 2.33. The van der Waals surface area contributed by atoms with Gasteiger partial charge in [0.05, 0.1) is 4.92 Å². The third-order valence-corrected chi connectivity index (χ3v) is 3.19. The molecular formula is C16H18N2O3. The van der Waals surface area contributed by atoms with Crippen LogP contribution in [0.15, 0.2) is 42.5 Å². The molecule has 2 rings (SSSR count). The summed E-state index contributed by atoms with van der Waals surface area (Å²) in [5.41, 5.74) is 1.86. The molecule has 0 spiro atoms. The molecule has 5 nitrogen and oxygen atoms in total. The van der Waals surface area contributed by atoms with E-state index in [2.05, 4.69) is 5.32 Å². The van der Waals surface area contributed by atoms with Crippen LogP contribution in [0, 0.1) is 10.1 Å². The quantitative estimate of drug-likeness (QED) is 0.650. The molecule has 0 saturated carbocycles. The summed E-state index contributed by atoms with van der Waals surface area (Å²) in [6, 6.07) is 12.6. The smallest absolute Gasteiger partial charge is 0.311 e. The summed E-state index contributed by atoms with van der Waals surface area (Å²) in [5, 5.41) is 14.3. The third-order valence-electron chi connectivity index (χ3n) is 3.19. The first-order chi connectivity index (χ1) is 10.2. The lowest BCUT2D eigenvalue weighted by molar-refractivity contribution is -0.385. The summed E-state index contributed by atoms with van der Waals surface area (Å²) in [5.74, 6) is 0.889. The predicted molar refractivity (Wildman–Crippen MR) is 81.8 cm³/mol. The normalized spacial score (nSPS) is 10.4. The fourth-order valence-electron chi connectivity index (χ4n) is 2.07. The molecule has 2 aromatic carbocycles. The topological polar surface area (TPSA) is 64.4 Å². The molecule has 2 aromatic rings. The van der Waals surface area contributed by atoms with Gasteiger partial charge in [0, 0.05) is 18.2 Å². The van der Waals surface area contributed by atoms with Crippen molar-refractivity contribution in [3.05, 3.63) is 63.7 Å². The summed E-state index contributed by atoms with van der Waals surface area (Å²) in [6.45, 7) is 2.60. The van der Waals surface area contributed by atoms with Gasteiger partial charge in [-0.2, -0.15) is 0 Å². The first kappa shape index (κ1) is 15.0. The van der Waals surface area contributed by atoms with E-state index in [-0.39, 0.29) is 11.4 Å². The van der Waals surface area contributed by atoms with Gasteiger partial charge in [-0.25, -0.2) is 0 Å². The van der Waals surface area contributed by atoms with Gasteiger partial charge in [-0.05, 0) is 31.2 Å². The van der Waals surface area contributed by atoms with E-state index < -0.39 is 4.92 Å². The van der Waals surface area contributed by atoms with E-state index in [4.69, 9.17) is 4.74 Å². The standard InChI is InChI=1S/C16H18N2O3/c1-3-12-8-9-16(14(10-12)18(19)20)21-15-7-5-4-6-13(15)11-17-2/h4-10,17H,3,11H2,1-2H3. The van der Waals surface area contributed by atoms with Crippen molar-refractivity contribution in [1.29, 1.82) is 0 Å². The highest BCUT2D eigenvalue weighted by molar-refractivity contribution is 5.51. The predicted octanol–water partition coefficient (Wildman–Crippen LogP) is 3.67. The molecule has 0 atom stereocenters. The molecule has 0 saturated heterocycles. The average molecular weight is 286 g/mol. The summed E-state index contributed by atoms with van der Waals surface area (Å²) in [7, 11) is 1.84. The van der Waals surface area contributed by atoms with Gasteiger partial charge in [0.1, 0.15) is 5.75 Å². The number of hydrogen-bond acceptors (Lipinski definition) is 4. The number of nitrogens with one attached hydrogen (secondary N) is 1. The van der Waals surface area contributed by atoms with Crippen LogP contribution in [-0.4, -0.2) is 12.0 Å². The Balaban J connectivity index is 2.37. The molecule has 0 fully saturated rings. The van der Waals surface area contributed by atoms with E-state index in [0.717, 1.165) is 17.5 Å². The van der Waals surface area contributed by atoms with Crippen LogP contribution in [0.3, 0.4) is 0 Å². The van der Waals surface area contributed by atoms with Crippen molar-refractivity contribution in [2.24, 2.45) is 0 Å². The first-order valence-electron chi connectivity index (χ1n) is 6.83. The van der Waals surface area contributed by atoms with Crippen LogP contribution in [0.1, 0.15) is 18.1 Å². The van der Waals surface area contributed by atoms with E-state index in [1.807, 2.05) is 44.3 Å². The third kappa shape index (κ3) is 3.58. The number of nitrogens with zero attached hydrogens (tertiary/aromatic N) is 1. The Hall–Kier alpha value is -2.40. The molecule has 0 aliphatic heterocycles. The first-order valence-corrected chi connectivity index (χ1v) is 6.83. The van der Waals surface area contributed by atoms with E-state index in [1.165, 1.54) is 0 Å². The number of nitro groups is 1. The van der Waals surface area contributed by atoms with Crippen molar-refractivity contribution in [2.75, 3.05) is 7.05 Å². The number of para-hydroxylation sites is 1. The zero-order valence-electron chi connectivity index (χ0n) is 12.1. The zero-order chi connectivity index (χ0) is 15.2. The fraction of sp³-hybridized carbons (Fsp3) is 0.250. The van der Waals surface area contributed by atoms with Crippen molar-refractivity contribution in [2.45, 2.75) is 19.9 Å². The Morgan fingerprint density at radius 1 is 1.19 bits per heavy atom. The molecule has 0 aliphatic rings. The largest absolute Gasteiger partial charge is 0.450 e. The van der Waals surface area contributed by atoms with Gasteiger partial charge < -0.3 is 10.1 Å². The molecule has 0 aliphatic carbocycles. The van der Waals surface area contributed by atoms with E-state index >= 15 is 0 Å². The maximum Gasteiger partial charge on any atom is 0.311 e. The van der Waals surface area contributed by atoms with Gasteiger partial charge in [-0.1, -0.05) is 31.2 Å². The van der Waals surface area contributed by atoms with Crippen molar-refractivity contribution in [1.82, 2.24) is 5.32 Å². The number of hydrogen-bond donors (Lipinski definition) is 1. The van der Waals surface area contributed by atoms with Crippen LogP contribution in [0.5, 0.6) is 11.5 Å². The molecule has 0 aromatic heterocycles. The Morgan fingerprint density at radius 2 is 1.95 bits per heavy atom. The lowest BCUT2D eigenvalue weighted by Crippen LogP contribution is -2.06. The van der Waals surface area contributed by atoms with Crippen LogP contribution in [-0.2, 0) is 13.0 Å². The highest BCUT2D eigenvalue weighted by Gasteiger charge is 2.17. The van der Waals surface area contributed by atoms with Crippen molar-refractivity contribution >= 4 is 5.69 Å². The number of nitro benzene ring substituents is 1. The Bertz CT molecular complexity index is 641. The summed E-state index contributed by atoms with van der Waals surface area (Å²) in [4.78, 5) is 10.8. The van der Waals surface area contributed by atoms with Gasteiger partial charge >= 0.3 is 5.69 Å². The van der Waals surface area contributed by atoms with Gasteiger partial charge in [-0.3, -0.25) is 10.1 Å². The molecule has 1 N–H and O–H groups in total. The minimum Gasteiger partial charge on any atom is -0.450 e. The van der Waals surface area contributed by atoms with Crippen LogP contribution >= 0.6 is 0 Å². The van der Waals surface area contributed by atoms with E-state index in [0.29, 0.717) is 12.3 Å².